The zero-order valence-electron chi connectivity index (χ0n) is 16.2. The van der Waals surface area contributed by atoms with Crippen LogP contribution in [-0.4, -0.2) is 53.5 Å². The number of benzene rings is 2. The first-order valence-electron chi connectivity index (χ1n) is 10.0. The third kappa shape index (κ3) is 4.04. The van der Waals surface area contributed by atoms with Gasteiger partial charge in [0.25, 0.3) is 0 Å². The highest BCUT2D eigenvalue weighted by atomic mass is 32.1. The van der Waals surface area contributed by atoms with Gasteiger partial charge in [-0.25, -0.2) is 4.98 Å². The van der Waals surface area contributed by atoms with E-state index in [1.807, 2.05) is 29.2 Å². The van der Waals surface area contributed by atoms with Crippen molar-refractivity contribution in [3.05, 3.63) is 64.7 Å². The van der Waals surface area contributed by atoms with Crippen molar-refractivity contribution in [1.82, 2.24) is 14.8 Å². The number of thiazole rings is 1. The predicted molar refractivity (Wildman–Crippen MR) is 116 cm³/mol. The van der Waals surface area contributed by atoms with Crippen molar-refractivity contribution in [3.8, 4) is 5.75 Å². The number of rotatable bonds is 4. The van der Waals surface area contributed by atoms with Crippen LogP contribution in [0.4, 0.5) is 0 Å². The Balaban J connectivity index is 1.15. The van der Waals surface area contributed by atoms with Crippen molar-refractivity contribution in [3.63, 3.8) is 0 Å². The Hall–Kier alpha value is -2.70. The Morgan fingerprint density at radius 1 is 1.14 bits per heavy atom. The van der Waals surface area contributed by atoms with Gasteiger partial charge in [0.2, 0.25) is 5.91 Å². The normalized spacial score (nSPS) is 17.0. The van der Waals surface area contributed by atoms with Crippen LogP contribution in [0.2, 0.25) is 0 Å². The summed E-state index contributed by atoms with van der Waals surface area (Å²) < 4.78 is 6.77. The summed E-state index contributed by atoms with van der Waals surface area (Å²) in [4.78, 5) is 21.6. The van der Waals surface area contributed by atoms with E-state index in [9.17, 15) is 4.79 Å². The molecule has 0 aliphatic carbocycles. The third-order valence-electron chi connectivity index (χ3n) is 5.51. The summed E-state index contributed by atoms with van der Waals surface area (Å²) in [6, 6.07) is 14.4. The molecule has 3 heterocycles. The SMILES string of the molecule is O=C(C=Cc1ccc2c(c1)CCO2)N1CCN(Cc2nc3ccccc3s2)CC1. The van der Waals surface area contributed by atoms with Crippen molar-refractivity contribution in [2.75, 3.05) is 32.8 Å². The van der Waals surface area contributed by atoms with Crippen molar-refractivity contribution < 1.29 is 9.53 Å². The number of fused-ring (bicyclic) bond motifs is 2. The van der Waals surface area contributed by atoms with Gasteiger partial charge in [0, 0.05) is 38.7 Å². The first-order chi connectivity index (χ1) is 14.2. The second-order valence-corrected chi connectivity index (χ2v) is 8.59. The molecular weight excluding hydrogens is 382 g/mol. The summed E-state index contributed by atoms with van der Waals surface area (Å²) in [5.74, 6) is 1.05. The Morgan fingerprint density at radius 2 is 2.00 bits per heavy atom. The summed E-state index contributed by atoms with van der Waals surface area (Å²) in [7, 11) is 0. The van der Waals surface area contributed by atoms with Crippen LogP contribution < -0.4 is 4.74 Å². The molecule has 0 unspecified atom stereocenters. The molecule has 1 saturated heterocycles. The number of hydrogen-bond acceptors (Lipinski definition) is 5. The van der Waals surface area contributed by atoms with Crippen LogP contribution in [0, 0.1) is 0 Å². The van der Waals surface area contributed by atoms with Crippen LogP contribution in [0.25, 0.3) is 16.3 Å². The third-order valence-corrected chi connectivity index (χ3v) is 6.53. The van der Waals surface area contributed by atoms with Gasteiger partial charge in [-0.3, -0.25) is 9.69 Å². The minimum atomic E-state index is 0.0846. The fourth-order valence-electron chi connectivity index (χ4n) is 3.89. The summed E-state index contributed by atoms with van der Waals surface area (Å²) in [5.41, 5.74) is 3.35. The molecule has 0 radical (unpaired) electrons. The van der Waals surface area contributed by atoms with Gasteiger partial charge >= 0.3 is 0 Å². The topological polar surface area (TPSA) is 45.7 Å². The lowest BCUT2D eigenvalue weighted by atomic mass is 10.1. The Kier molecular flexibility index (Phi) is 5.04. The highest BCUT2D eigenvalue weighted by Gasteiger charge is 2.20. The maximum atomic E-state index is 12.6. The molecular formula is C23H23N3O2S. The molecule has 0 saturated carbocycles. The van der Waals surface area contributed by atoms with Crippen LogP contribution in [0.15, 0.2) is 48.5 Å². The van der Waals surface area contributed by atoms with Gasteiger partial charge < -0.3 is 9.64 Å². The van der Waals surface area contributed by atoms with Crippen LogP contribution in [-0.2, 0) is 17.8 Å². The number of amides is 1. The van der Waals surface area contributed by atoms with E-state index in [1.165, 1.54) is 10.3 Å². The average molecular weight is 406 g/mol. The minimum Gasteiger partial charge on any atom is -0.493 e. The lowest BCUT2D eigenvalue weighted by Crippen LogP contribution is -2.47. The highest BCUT2D eigenvalue weighted by Crippen LogP contribution is 2.26. The highest BCUT2D eigenvalue weighted by molar-refractivity contribution is 7.18. The predicted octanol–water partition coefficient (Wildman–Crippen LogP) is 3.59. The largest absolute Gasteiger partial charge is 0.493 e. The standard InChI is InChI=1S/C23H23N3O2S/c27-23(8-6-17-5-7-20-18(15-17)9-14-28-20)26-12-10-25(11-13-26)16-22-24-19-3-1-2-4-21(19)29-22/h1-8,15H,9-14,16H2. The van der Waals surface area contributed by atoms with Gasteiger partial charge in [-0.15, -0.1) is 11.3 Å². The molecule has 2 aromatic carbocycles. The van der Waals surface area contributed by atoms with E-state index in [2.05, 4.69) is 29.2 Å². The first kappa shape index (κ1) is 18.3. The molecule has 5 nitrogen and oxygen atoms in total. The van der Waals surface area contributed by atoms with Crippen LogP contribution in [0.1, 0.15) is 16.1 Å². The van der Waals surface area contributed by atoms with E-state index in [-0.39, 0.29) is 5.91 Å². The zero-order chi connectivity index (χ0) is 19.6. The van der Waals surface area contributed by atoms with Gasteiger partial charge in [-0.1, -0.05) is 18.2 Å². The van der Waals surface area contributed by atoms with E-state index >= 15 is 0 Å². The van der Waals surface area contributed by atoms with Crippen molar-refractivity contribution >= 4 is 33.5 Å². The van der Waals surface area contributed by atoms with Crippen molar-refractivity contribution in [2.24, 2.45) is 0 Å². The maximum Gasteiger partial charge on any atom is 0.246 e. The fourth-order valence-corrected chi connectivity index (χ4v) is 4.90. The quantitative estimate of drug-likeness (QED) is 0.623. The molecule has 1 aromatic heterocycles. The number of hydrogen-bond donors (Lipinski definition) is 0. The molecule has 29 heavy (non-hydrogen) atoms. The van der Waals surface area contributed by atoms with E-state index < -0.39 is 0 Å². The van der Waals surface area contributed by atoms with Crippen molar-refractivity contribution in [1.29, 1.82) is 0 Å². The lowest BCUT2D eigenvalue weighted by molar-refractivity contribution is -0.127. The Labute approximate surface area is 174 Å². The number of ether oxygens (including phenoxy) is 1. The average Bonchev–Trinajstić information content (AvgIpc) is 3.38. The summed E-state index contributed by atoms with van der Waals surface area (Å²) in [6.45, 7) is 4.88. The molecule has 2 aliphatic rings. The molecule has 0 spiro atoms. The molecule has 1 amide bonds. The van der Waals surface area contributed by atoms with Gasteiger partial charge in [0.05, 0.1) is 23.4 Å². The van der Waals surface area contributed by atoms with Crippen LogP contribution >= 0.6 is 11.3 Å². The van der Waals surface area contributed by atoms with Crippen LogP contribution in [0.5, 0.6) is 5.75 Å². The minimum absolute atomic E-state index is 0.0846. The Bertz CT molecular complexity index is 1030. The number of nitrogens with zero attached hydrogens (tertiary/aromatic N) is 3. The number of aromatic nitrogens is 1. The second kappa shape index (κ2) is 7.97. The Morgan fingerprint density at radius 3 is 2.86 bits per heavy atom. The second-order valence-electron chi connectivity index (χ2n) is 7.48. The van der Waals surface area contributed by atoms with Gasteiger partial charge in [-0.2, -0.15) is 0 Å². The molecule has 2 aliphatic heterocycles. The molecule has 0 atom stereocenters. The molecule has 5 rings (SSSR count). The molecule has 1 fully saturated rings. The van der Waals surface area contributed by atoms with E-state index in [0.717, 1.165) is 67.6 Å². The fraction of sp³-hybridized carbons (Fsp3) is 0.304. The summed E-state index contributed by atoms with van der Waals surface area (Å²) in [6.07, 6.45) is 4.55. The zero-order valence-corrected chi connectivity index (χ0v) is 17.0. The van der Waals surface area contributed by atoms with Gasteiger partial charge in [-0.05, 0) is 41.5 Å². The summed E-state index contributed by atoms with van der Waals surface area (Å²) in [5, 5.41) is 1.14. The molecule has 3 aromatic rings. The van der Waals surface area contributed by atoms with E-state index in [0.29, 0.717) is 0 Å². The molecule has 0 N–H and O–H groups in total. The smallest absolute Gasteiger partial charge is 0.246 e. The molecule has 6 heteroatoms. The molecule has 0 bridgehead atoms. The number of piperazine rings is 1. The van der Waals surface area contributed by atoms with E-state index in [1.54, 1.807) is 17.4 Å². The monoisotopic (exact) mass is 405 g/mol. The van der Waals surface area contributed by atoms with Crippen LogP contribution in [0.3, 0.4) is 0 Å². The first-order valence-corrected chi connectivity index (χ1v) is 10.9. The number of carbonyl (C=O) groups is 1. The molecule has 148 valence electrons. The number of para-hydroxylation sites is 1. The van der Waals surface area contributed by atoms with Crippen molar-refractivity contribution in [2.45, 2.75) is 13.0 Å². The maximum absolute atomic E-state index is 12.6. The number of carbonyl (C=O) groups excluding carboxylic acids is 1. The van der Waals surface area contributed by atoms with E-state index in [4.69, 9.17) is 9.72 Å². The van der Waals surface area contributed by atoms with Gasteiger partial charge in [0.1, 0.15) is 10.8 Å². The summed E-state index contributed by atoms with van der Waals surface area (Å²) >= 11 is 1.76. The lowest BCUT2D eigenvalue weighted by Gasteiger charge is -2.33. The van der Waals surface area contributed by atoms with Gasteiger partial charge in [0.15, 0.2) is 0 Å².